The third-order valence-electron chi connectivity index (χ3n) is 2.92. The summed E-state index contributed by atoms with van der Waals surface area (Å²) in [6, 6.07) is 3.98. The van der Waals surface area contributed by atoms with Crippen LogP contribution in [0.15, 0.2) is 23.1 Å². The van der Waals surface area contributed by atoms with Crippen molar-refractivity contribution in [3.63, 3.8) is 0 Å². The Morgan fingerprint density at radius 2 is 1.92 bits per heavy atom. The molecule has 0 radical (unpaired) electrons. The molecule has 0 aliphatic heterocycles. The quantitative estimate of drug-likeness (QED) is 0.225. The Balaban J connectivity index is 2.12. The molecule has 1 heterocycles. The third-order valence-corrected chi connectivity index (χ3v) is 4.96. The van der Waals surface area contributed by atoms with Gasteiger partial charge in [-0.3, -0.25) is 4.55 Å². The fraction of sp³-hybridized carbons (Fsp3) is 0.308. The summed E-state index contributed by atoms with van der Waals surface area (Å²) in [7, 11) is -4.46. The van der Waals surface area contributed by atoms with E-state index in [4.69, 9.17) is 22.4 Å². The Morgan fingerprint density at radius 1 is 1.19 bits per heavy atom. The van der Waals surface area contributed by atoms with E-state index in [-0.39, 0.29) is 29.5 Å². The molecule has 0 fully saturated rings. The average molecular weight is 421 g/mol. The maximum Gasteiger partial charge on any atom is 0.296 e. The Morgan fingerprint density at radius 3 is 2.62 bits per heavy atom. The van der Waals surface area contributed by atoms with Gasteiger partial charge in [-0.25, -0.2) is 0 Å². The minimum atomic E-state index is -4.46. The summed E-state index contributed by atoms with van der Waals surface area (Å²) in [5, 5.41) is 14.4. The van der Waals surface area contributed by atoms with Crippen LogP contribution in [0.25, 0.3) is 0 Å². The van der Waals surface area contributed by atoms with Crippen molar-refractivity contribution >= 4 is 56.8 Å². The van der Waals surface area contributed by atoms with Crippen molar-refractivity contribution in [1.82, 2.24) is 15.0 Å². The van der Waals surface area contributed by atoms with Crippen LogP contribution in [0.4, 0.5) is 23.3 Å². The second-order valence-electron chi connectivity index (χ2n) is 4.87. The van der Waals surface area contributed by atoms with E-state index in [1.807, 2.05) is 0 Å². The van der Waals surface area contributed by atoms with Crippen molar-refractivity contribution in [2.24, 2.45) is 0 Å². The molecule has 10 nitrogen and oxygen atoms in total. The van der Waals surface area contributed by atoms with Crippen LogP contribution in [-0.2, 0) is 10.1 Å². The molecule has 1 aromatic carbocycles. The van der Waals surface area contributed by atoms with E-state index < -0.39 is 15.0 Å². The second kappa shape index (κ2) is 9.19. The lowest BCUT2D eigenvalue weighted by molar-refractivity contribution is 0.322. The first kappa shape index (κ1) is 20.5. The molecule has 6 N–H and O–H groups in total. The topological polar surface area (TPSA) is 163 Å². The lowest BCUT2D eigenvalue weighted by atomic mass is 10.3. The molecule has 0 saturated carbocycles. The maximum absolute atomic E-state index is 11.3. The first-order valence-electron chi connectivity index (χ1n) is 7.27. The van der Waals surface area contributed by atoms with Gasteiger partial charge in [0.15, 0.2) is 0 Å². The number of anilines is 4. The second-order valence-corrected chi connectivity index (χ2v) is 7.82. The van der Waals surface area contributed by atoms with Crippen molar-refractivity contribution in [3.05, 3.63) is 23.5 Å². The number of hydrogen-bond donors (Lipinski definition) is 5. The molecule has 0 unspecified atom stereocenters. The smallest absolute Gasteiger partial charge is 0.296 e. The Bertz CT molecular complexity index is 868. The van der Waals surface area contributed by atoms with E-state index in [0.717, 1.165) is 11.8 Å². The van der Waals surface area contributed by atoms with Crippen LogP contribution in [0.5, 0.6) is 0 Å². The van der Waals surface area contributed by atoms with Gasteiger partial charge in [0.25, 0.3) is 10.1 Å². The van der Waals surface area contributed by atoms with Crippen molar-refractivity contribution in [3.8, 4) is 0 Å². The largest absolute Gasteiger partial charge is 0.398 e. The number of thioether (sulfide) groups is 1. The number of aliphatic hydroxyl groups is 1. The van der Waals surface area contributed by atoms with E-state index in [9.17, 15) is 13.0 Å². The molecule has 0 saturated heterocycles. The minimum absolute atomic E-state index is 0.0570. The molecule has 0 aliphatic rings. The summed E-state index contributed by atoms with van der Waals surface area (Å²) < 4.78 is 31.8. The van der Waals surface area contributed by atoms with E-state index >= 15 is 0 Å². The van der Waals surface area contributed by atoms with Gasteiger partial charge >= 0.3 is 0 Å². The number of nitrogens with one attached hydrogen (secondary N) is 2. The number of rotatable bonds is 9. The zero-order valence-corrected chi connectivity index (χ0v) is 15.8. The lowest BCUT2D eigenvalue weighted by Gasteiger charge is -2.10. The van der Waals surface area contributed by atoms with Gasteiger partial charge in [0.05, 0.1) is 12.3 Å². The number of benzene rings is 1. The normalized spacial score (nSPS) is 11.3. The monoisotopic (exact) mass is 420 g/mol. The highest BCUT2D eigenvalue weighted by atomic mass is 35.5. The van der Waals surface area contributed by atoms with Crippen molar-refractivity contribution in [2.45, 2.75) is 4.90 Å². The van der Waals surface area contributed by atoms with Crippen LogP contribution >= 0.6 is 23.4 Å². The number of nitrogens with zero attached hydrogens (tertiary/aromatic N) is 3. The first-order valence-corrected chi connectivity index (χ1v) is 10.2. The molecule has 2 aromatic rings. The Hall–Kier alpha value is -1.86. The first-order chi connectivity index (χ1) is 12.3. The summed E-state index contributed by atoms with van der Waals surface area (Å²) in [4.78, 5) is 11.6. The van der Waals surface area contributed by atoms with Gasteiger partial charge in [-0.15, -0.1) is 0 Å². The Kier molecular flexibility index (Phi) is 7.23. The van der Waals surface area contributed by atoms with Crippen molar-refractivity contribution in [1.29, 1.82) is 0 Å². The Labute approximate surface area is 159 Å². The number of nitrogens with two attached hydrogens (primary N) is 1. The van der Waals surface area contributed by atoms with Crippen LogP contribution in [-0.4, -0.2) is 57.7 Å². The van der Waals surface area contributed by atoms with Gasteiger partial charge in [0.2, 0.25) is 17.2 Å². The molecule has 0 amide bonds. The van der Waals surface area contributed by atoms with E-state index in [1.165, 1.54) is 12.1 Å². The van der Waals surface area contributed by atoms with E-state index in [2.05, 4.69) is 25.6 Å². The predicted octanol–water partition coefficient (Wildman–Crippen LogP) is 1.23. The molecule has 142 valence electrons. The highest BCUT2D eigenvalue weighted by molar-refractivity contribution is 7.99. The number of aromatic nitrogens is 3. The highest BCUT2D eigenvalue weighted by Crippen LogP contribution is 2.24. The number of halogens is 1. The molecule has 0 aliphatic carbocycles. The molecule has 26 heavy (non-hydrogen) atoms. The lowest BCUT2D eigenvalue weighted by Crippen LogP contribution is -2.10. The summed E-state index contributed by atoms with van der Waals surface area (Å²) in [5.74, 6) is 1.70. The predicted molar refractivity (Wildman–Crippen MR) is 102 cm³/mol. The minimum Gasteiger partial charge on any atom is -0.398 e. The zero-order chi connectivity index (χ0) is 19.2. The van der Waals surface area contributed by atoms with Gasteiger partial charge < -0.3 is 21.5 Å². The van der Waals surface area contributed by atoms with Crippen LogP contribution in [0.2, 0.25) is 5.28 Å². The molecule has 0 atom stereocenters. The molecule has 2 rings (SSSR count). The van der Waals surface area contributed by atoms with E-state index in [0.29, 0.717) is 18.0 Å². The van der Waals surface area contributed by atoms with Gasteiger partial charge in [-0.1, -0.05) is 0 Å². The van der Waals surface area contributed by atoms with Crippen molar-refractivity contribution in [2.75, 3.05) is 41.0 Å². The van der Waals surface area contributed by atoms with Crippen molar-refractivity contribution < 1.29 is 18.1 Å². The molecule has 1 aromatic heterocycles. The van der Waals surface area contributed by atoms with Gasteiger partial charge in [0, 0.05) is 23.7 Å². The zero-order valence-electron chi connectivity index (χ0n) is 13.4. The fourth-order valence-electron chi connectivity index (χ4n) is 1.85. The average Bonchev–Trinajstić information content (AvgIpc) is 2.55. The van der Waals surface area contributed by atoms with Crippen LogP contribution in [0.1, 0.15) is 0 Å². The number of aliphatic hydroxyl groups excluding tert-OH is 1. The van der Waals surface area contributed by atoms with Crippen LogP contribution < -0.4 is 16.4 Å². The standard InChI is InChI=1S/C13H17ClN6O4S2/c14-11-18-12(16-3-5-25-6-4-21)20-13(19-11)17-8-1-2-9(15)10(7-8)26(22,23)24/h1-2,7,21H,3-6,15H2,(H,22,23,24)(H2,16,17,18,19,20). The summed E-state index contributed by atoms with van der Waals surface area (Å²) in [5.41, 5.74) is 5.75. The van der Waals surface area contributed by atoms with Crippen LogP contribution in [0.3, 0.4) is 0 Å². The van der Waals surface area contributed by atoms with E-state index in [1.54, 1.807) is 11.8 Å². The number of nitrogen functional groups attached to an aromatic ring is 1. The molecule has 13 heteroatoms. The molecular weight excluding hydrogens is 404 g/mol. The third kappa shape index (κ3) is 6.14. The van der Waals surface area contributed by atoms with Gasteiger partial charge in [-0.05, 0) is 29.8 Å². The number of hydrogen-bond acceptors (Lipinski definition) is 10. The summed E-state index contributed by atoms with van der Waals surface area (Å²) in [6.07, 6.45) is 0. The maximum atomic E-state index is 11.3. The SMILES string of the molecule is Nc1ccc(Nc2nc(Cl)nc(NCCSCCO)n2)cc1S(=O)(=O)O. The highest BCUT2D eigenvalue weighted by Gasteiger charge is 2.15. The van der Waals surface area contributed by atoms with Gasteiger partial charge in [-0.2, -0.15) is 35.1 Å². The summed E-state index contributed by atoms with van der Waals surface area (Å²) in [6.45, 7) is 0.669. The molecule has 0 bridgehead atoms. The van der Waals surface area contributed by atoms with Gasteiger partial charge in [0.1, 0.15) is 4.90 Å². The van der Waals surface area contributed by atoms with Crippen LogP contribution in [0, 0.1) is 0 Å². The molecular formula is C13H17ClN6O4S2. The fourth-order valence-corrected chi connectivity index (χ4v) is 3.23. The molecule has 0 spiro atoms. The summed E-state index contributed by atoms with van der Waals surface area (Å²) >= 11 is 7.44.